The molecule has 0 saturated carbocycles. The van der Waals surface area contributed by atoms with E-state index in [1.807, 2.05) is 44.4 Å². The predicted octanol–water partition coefficient (Wildman–Crippen LogP) is 1.79. The topological polar surface area (TPSA) is 69.8 Å². The zero-order chi connectivity index (χ0) is 16.2. The van der Waals surface area contributed by atoms with Gasteiger partial charge in [-0.1, -0.05) is 0 Å². The average molecular weight is 298 g/mol. The van der Waals surface area contributed by atoms with E-state index in [2.05, 4.69) is 9.97 Å². The SMILES string of the molecule is Cc1cc2nc3c(=O)n(C)c(=O)nc-3n(C(C)C)c2cc1C. The first-order valence-corrected chi connectivity index (χ1v) is 7.21. The molecule has 0 radical (unpaired) electrons. The maximum atomic E-state index is 12.4. The van der Waals surface area contributed by atoms with E-state index in [4.69, 9.17) is 0 Å². The first kappa shape index (κ1) is 14.4. The highest BCUT2D eigenvalue weighted by molar-refractivity contribution is 5.81. The molecule has 1 aromatic carbocycles. The number of nitrogens with zero attached hydrogens (tertiary/aromatic N) is 4. The number of aromatic nitrogens is 4. The molecule has 2 heterocycles. The van der Waals surface area contributed by atoms with E-state index < -0.39 is 11.2 Å². The lowest BCUT2D eigenvalue weighted by atomic mass is 10.1. The van der Waals surface area contributed by atoms with E-state index >= 15 is 0 Å². The lowest BCUT2D eigenvalue weighted by molar-refractivity contribution is 0.603. The van der Waals surface area contributed by atoms with Gasteiger partial charge in [0.2, 0.25) is 0 Å². The van der Waals surface area contributed by atoms with Crippen molar-refractivity contribution in [1.29, 1.82) is 0 Å². The standard InChI is InChI=1S/C16H18N4O2/c1-8(2)20-12-7-10(4)9(3)6-11(12)17-13-14(20)18-16(22)19(5)15(13)21/h6-8H,1-5H3. The van der Waals surface area contributed by atoms with Gasteiger partial charge in [-0.05, 0) is 51.0 Å². The molecule has 0 N–H and O–H groups in total. The fourth-order valence-corrected chi connectivity index (χ4v) is 2.65. The molecule has 0 unspecified atom stereocenters. The summed E-state index contributed by atoms with van der Waals surface area (Å²) in [6.07, 6.45) is 0. The van der Waals surface area contributed by atoms with Gasteiger partial charge >= 0.3 is 5.69 Å². The van der Waals surface area contributed by atoms with Crippen molar-refractivity contribution in [1.82, 2.24) is 19.1 Å². The highest BCUT2D eigenvalue weighted by Gasteiger charge is 2.21. The summed E-state index contributed by atoms with van der Waals surface area (Å²) in [5.74, 6) is 0.346. The molecule has 0 spiro atoms. The van der Waals surface area contributed by atoms with Crippen LogP contribution in [0.1, 0.15) is 31.0 Å². The van der Waals surface area contributed by atoms with E-state index in [9.17, 15) is 9.59 Å². The van der Waals surface area contributed by atoms with Crippen LogP contribution in [0.4, 0.5) is 0 Å². The van der Waals surface area contributed by atoms with E-state index in [0.29, 0.717) is 5.82 Å². The Morgan fingerprint density at radius 3 is 2.32 bits per heavy atom. The molecule has 0 amide bonds. The van der Waals surface area contributed by atoms with Crippen LogP contribution in [-0.4, -0.2) is 19.1 Å². The number of fused-ring (bicyclic) bond motifs is 2. The number of hydrogen-bond acceptors (Lipinski definition) is 4. The fraction of sp³-hybridized carbons (Fsp3) is 0.375. The highest BCUT2D eigenvalue weighted by Crippen LogP contribution is 2.26. The van der Waals surface area contributed by atoms with Gasteiger partial charge in [-0.25, -0.2) is 9.78 Å². The van der Waals surface area contributed by atoms with Crippen LogP contribution < -0.4 is 11.2 Å². The second-order valence-corrected chi connectivity index (χ2v) is 5.93. The molecule has 0 aromatic heterocycles. The Labute approximate surface area is 127 Å². The molecular weight excluding hydrogens is 280 g/mol. The van der Waals surface area contributed by atoms with Gasteiger partial charge in [0.1, 0.15) is 0 Å². The second kappa shape index (κ2) is 4.76. The first-order chi connectivity index (χ1) is 10.3. The summed E-state index contributed by atoms with van der Waals surface area (Å²) < 4.78 is 2.90. The Balaban J connectivity index is 2.64. The molecule has 0 aliphatic carbocycles. The smallest absolute Gasteiger partial charge is 0.320 e. The van der Waals surface area contributed by atoms with E-state index in [1.54, 1.807) is 0 Å². The Bertz CT molecular complexity index is 982. The summed E-state index contributed by atoms with van der Waals surface area (Å²) in [4.78, 5) is 32.8. The minimum atomic E-state index is -0.558. The molecule has 0 atom stereocenters. The van der Waals surface area contributed by atoms with Gasteiger partial charge in [0.05, 0.1) is 11.0 Å². The van der Waals surface area contributed by atoms with Crippen molar-refractivity contribution in [2.75, 3.05) is 0 Å². The van der Waals surface area contributed by atoms with Crippen LogP contribution in [0.5, 0.6) is 0 Å². The Hall–Kier alpha value is -2.50. The normalized spacial score (nSPS) is 11.7. The molecule has 6 heteroatoms. The average Bonchev–Trinajstić information content (AvgIpc) is 2.45. The van der Waals surface area contributed by atoms with Crippen LogP contribution in [0.15, 0.2) is 21.7 Å². The quantitative estimate of drug-likeness (QED) is 0.642. The summed E-state index contributed by atoms with van der Waals surface area (Å²) in [7, 11) is 1.42. The molecule has 0 fully saturated rings. The molecule has 3 rings (SSSR count). The van der Waals surface area contributed by atoms with Gasteiger partial charge in [-0.2, -0.15) is 4.98 Å². The monoisotopic (exact) mass is 298 g/mol. The third kappa shape index (κ3) is 1.94. The minimum Gasteiger partial charge on any atom is -0.320 e. The van der Waals surface area contributed by atoms with Gasteiger partial charge in [0, 0.05) is 13.1 Å². The third-order valence-electron chi connectivity index (χ3n) is 4.03. The van der Waals surface area contributed by atoms with Crippen LogP contribution in [0.3, 0.4) is 0 Å². The van der Waals surface area contributed by atoms with E-state index in [-0.39, 0.29) is 11.7 Å². The summed E-state index contributed by atoms with van der Waals surface area (Å²) >= 11 is 0. The molecule has 6 nitrogen and oxygen atoms in total. The van der Waals surface area contributed by atoms with E-state index in [1.165, 1.54) is 7.05 Å². The molecule has 22 heavy (non-hydrogen) atoms. The maximum Gasteiger partial charge on any atom is 0.352 e. The van der Waals surface area contributed by atoms with Gasteiger partial charge in [0.25, 0.3) is 5.56 Å². The molecule has 1 aromatic rings. The molecule has 2 aliphatic heterocycles. The molecule has 114 valence electrons. The summed E-state index contributed by atoms with van der Waals surface area (Å²) in [5, 5.41) is 0. The van der Waals surface area contributed by atoms with Gasteiger partial charge in [-0.15, -0.1) is 0 Å². The summed E-state index contributed by atoms with van der Waals surface area (Å²) in [5.41, 5.74) is 3.12. The predicted molar refractivity (Wildman–Crippen MR) is 85.5 cm³/mol. The second-order valence-electron chi connectivity index (χ2n) is 5.93. The third-order valence-corrected chi connectivity index (χ3v) is 4.03. The lowest BCUT2D eigenvalue weighted by Crippen LogP contribution is -2.36. The Morgan fingerprint density at radius 2 is 1.68 bits per heavy atom. The van der Waals surface area contributed by atoms with Crippen molar-refractivity contribution in [3.8, 4) is 11.5 Å². The molecular formula is C16H18N4O2. The Morgan fingerprint density at radius 1 is 1.05 bits per heavy atom. The highest BCUT2D eigenvalue weighted by atomic mass is 16.2. The van der Waals surface area contributed by atoms with Crippen molar-refractivity contribution in [3.05, 3.63) is 44.1 Å². The van der Waals surface area contributed by atoms with Crippen molar-refractivity contribution in [3.63, 3.8) is 0 Å². The van der Waals surface area contributed by atoms with Gasteiger partial charge in [-0.3, -0.25) is 9.36 Å². The van der Waals surface area contributed by atoms with Crippen LogP contribution in [-0.2, 0) is 7.05 Å². The number of rotatable bonds is 1. The lowest BCUT2D eigenvalue weighted by Gasteiger charge is -2.21. The van der Waals surface area contributed by atoms with Crippen LogP contribution in [0.2, 0.25) is 0 Å². The number of aryl methyl sites for hydroxylation is 2. The number of hydrogen-bond donors (Lipinski definition) is 0. The summed E-state index contributed by atoms with van der Waals surface area (Å²) in [6, 6.07) is 4.04. The number of benzene rings is 1. The van der Waals surface area contributed by atoms with E-state index in [0.717, 1.165) is 26.7 Å². The zero-order valence-corrected chi connectivity index (χ0v) is 13.3. The van der Waals surface area contributed by atoms with Crippen LogP contribution >= 0.6 is 0 Å². The van der Waals surface area contributed by atoms with Gasteiger partial charge < -0.3 is 4.57 Å². The first-order valence-electron chi connectivity index (χ1n) is 7.21. The summed E-state index contributed by atoms with van der Waals surface area (Å²) in [6.45, 7) is 8.03. The van der Waals surface area contributed by atoms with Crippen molar-refractivity contribution in [2.45, 2.75) is 33.7 Å². The Kier molecular flexibility index (Phi) is 3.12. The van der Waals surface area contributed by atoms with Crippen molar-refractivity contribution in [2.24, 2.45) is 7.05 Å². The maximum absolute atomic E-state index is 12.4. The van der Waals surface area contributed by atoms with Crippen molar-refractivity contribution < 1.29 is 0 Å². The zero-order valence-electron chi connectivity index (χ0n) is 13.3. The minimum absolute atomic E-state index is 0.0501. The molecule has 0 bridgehead atoms. The van der Waals surface area contributed by atoms with Crippen molar-refractivity contribution >= 4 is 11.0 Å². The fourth-order valence-electron chi connectivity index (χ4n) is 2.65. The molecule has 0 saturated heterocycles. The molecule has 2 aliphatic rings. The largest absolute Gasteiger partial charge is 0.352 e. The van der Waals surface area contributed by atoms with Gasteiger partial charge in [0.15, 0.2) is 11.5 Å². The van der Waals surface area contributed by atoms with Crippen LogP contribution in [0.25, 0.3) is 22.6 Å². The van der Waals surface area contributed by atoms with Crippen LogP contribution in [0, 0.1) is 13.8 Å².